The molecular weight excluding hydrogens is 278 g/mol. The molecule has 2 aromatic rings. The minimum atomic E-state index is -0.323. The number of alkyl carbamates (subject to hydrolysis) is 1. The van der Waals surface area contributed by atoms with Crippen LogP contribution < -0.4 is 11.1 Å². The summed E-state index contributed by atoms with van der Waals surface area (Å²) in [5, 5.41) is 4.01. The van der Waals surface area contributed by atoms with Gasteiger partial charge < -0.3 is 20.8 Å². The lowest BCUT2D eigenvalue weighted by molar-refractivity contribution is 0.177. The van der Waals surface area contributed by atoms with E-state index in [1.165, 1.54) is 16.5 Å². The molecule has 1 saturated heterocycles. The number of nitrogens with two attached hydrogens (primary N) is 1. The Morgan fingerprint density at radius 1 is 1.40 bits per heavy atom. The van der Waals surface area contributed by atoms with Gasteiger partial charge in [0.2, 0.25) is 0 Å². The van der Waals surface area contributed by atoms with Crippen LogP contribution in [0.5, 0.6) is 0 Å². The molecule has 0 aliphatic carbocycles. The van der Waals surface area contributed by atoms with Gasteiger partial charge >= 0.3 is 6.09 Å². The molecule has 5 nitrogen and oxygen atoms in total. The number of halogens is 1. The summed E-state index contributed by atoms with van der Waals surface area (Å²) in [6.07, 6.45) is 3.35. The van der Waals surface area contributed by atoms with Gasteiger partial charge in [-0.1, -0.05) is 6.07 Å². The zero-order valence-electron chi connectivity index (χ0n) is 11.0. The van der Waals surface area contributed by atoms with E-state index in [2.05, 4.69) is 28.5 Å². The molecule has 1 aliphatic heterocycles. The van der Waals surface area contributed by atoms with Gasteiger partial charge in [-0.15, -0.1) is 12.4 Å². The Bertz CT molecular complexity index is 611. The summed E-state index contributed by atoms with van der Waals surface area (Å²) in [5.74, 6) is 0. The van der Waals surface area contributed by atoms with Crippen molar-refractivity contribution in [2.24, 2.45) is 5.73 Å². The van der Waals surface area contributed by atoms with Gasteiger partial charge in [0, 0.05) is 17.1 Å². The molecule has 2 heterocycles. The van der Waals surface area contributed by atoms with E-state index in [0.717, 1.165) is 18.4 Å². The number of hydrogen-bond donors (Lipinski definition) is 3. The molecule has 0 unspecified atom stereocenters. The maximum Gasteiger partial charge on any atom is 0.407 e. The molecule has 20 heavy (non-hydrogen) atoms. The lowest BCUT2D eigenvalue weighted by atomic mass is 10.0. The molecule has 3 rings (SSSR count). The Morgan fingerprint density at radius 3 is 2.95 bits per heavy atom. The van der Waals surface area contributed by atoms with Crippen molar-refractivity contribution < 1.29 is 9.53 Å². The second-order valence-electron chi connectivity index (χ2n) is 4.88. The maximum atomic E-state index is 11.0. The first-order valence-corrected chi connectivity index (χ1v) is 6.48. The SMILES string of the molecule is Cl.NCCc1c[nH]c2ccc(C[C@H]3COC(=O)N3)cc12. The molecule has 1 aliphatic rings. The van der Waals surface area contributed by atoms with Gasteiger partial charge in [-0.3, -0.25) is 0 Å². The number of ether oxygens (including phenoxy) is 1. The fourth-order valence-electron chi connectivity index (χ4n) is 2.54. The first-order valence-electron chi connectivity index (χ1n) is 6.48. The summed E-state index contributed by atoms with van der Waals surface area (Å²) >= 11 is 0. The highest BCUT2D eigenvalue weighted by Crippen LogP contribution is 2.21. The van der Waals surface area contributed by atoms with Crippen LogP contribution >= 0.6 is 12.4 Å². The summed E-state index contributed by atoms with van der Waals surface area (Å²) in [6.45, 7) is 1.09. The molecule has 6 heteroatoms. The van der Waals surface area contributed by atoms with E-state index >= 15 is 0 Å². The van der Waals surface area contributed by atoms with Crippen LogP contribution in [0.2, 0.25) is 0 Å². The highest BCUT2D eigenvalue weighted by Gasteiger charge is 2.22. The molecule has 1 amide bonds. The van der Waals surface area contributed by atoms with E-state index in [4.69, 9.17) is 10.5 Å². The van der Waals surface area contributed by atoms with E-state index < -0.39 is 0 Å². The Kier molecular flexibility index (Phi) is 4.52. The highest BCUT2D eigenvalue weighted by atomic mass is 35.5. The number of carbonyl (C=O) groups is 1. The van der Waals surface area contributed by atoms with Crippen molar-refractivity contribution in [3.05, 3.63) is 35.5 Å². The largest absolute Gasteiger partial charge is 0.447 e. The molecule has 0 radical (unpaired) electrons. The van der Waals surface area contributed by atoms with Crippen LogP contribution in [-0.4, -0.2) is 30.3 Å². The molecule has 4 N–H and O–H groups in total. The topological polar surface area (TPSA) is 80.1 Å². The van der Waals surface area contributed by atoms with Crippen molar-refractivity contribution in [3.63, 3.8) is 0 Å². The minimum absolute atomic E-state index is 0. The van der Waals surface area contributed by atoms with Crippen molar-refractivity contribution in [1.29, 1.82) is 0 Å². The van der Waals surface area contributed by atoms with Gasteiger partial charge in [0.1, 0.15) is 6.61 Å². The number of nitrogens with one attached hydrogen (secondary N) is 2. The van der Waals surface area contributed by atoms with Crippen molar-refractivity contribution in [2.75, 3.05) is 13.2 Å². The number of fused-ring (bicyclic) bond motifs is 1. The van der Waals surface area contributed by atoms with Gasteiger partial charge in [-0.25, -0.2) is 4.79 Å². The number of rotatable bonds is 4. The van der Waals surface area contributed by atoms with Crippen LogP contribution in [0, 0.1) is 0 Å². The summed E-state index contributed by atoms with van der Waals surface area (Å²) in [4.78, 5) is 14.3. The minimum Gasteiger partial charge on any atom is -0.447 e. The lowest BCUT2D eigenvalue weighted by Gasteiger charge is -2.07. The molecule has 1 fully saturated rings. The third kappa shape index (κ3) is 2.89. The Balaban J connectivity index is 0.00000147. The number of carbonyl (C=O) groups excluding carboxylic acids is 1. The maximum absolute atomic E-state index is 11.0. The molecule has 0 saturated carbocycles. The van der Waals surface area contributed by atoms with Crippen LogP contribution in [-0.2, 0) is 17.6 Å². The third-order valence-corrected chi connectivity index (χ3v) is 3.47. The van der Waals surface area contributed by atoms with Gasteiger partial charge in [-0.05, 0) is 42.6 Å². The smallest absolute Gasteiger partial charge is 0.407 e. The van der Waals surface area contributed by atoms with E-state index in [0.29, 0.717) is 13.2 Å². The van der Waals surface area contributed by atoms with Crippen LogP contribution in [0.3, 0.4) is 0 Å². The van der Waals surface area contributed by atoms with Gasteiger partial charge in [0.25, 0.3) is 0 Å². The van der Waals surface area contributed by atoms with Gasteiger partial charge in [0.05, 0.1) is 6.04 Å². The van der Waals surface area contributed by atoms with Gasteiger partial charge in [0.15, 0.2) is 0 Å². The Labute approximate surface area is 123 Å². The number of H-pyrrole nitrogens is 1. The summed E-state index contributed by atoms with van der Waals surface area (Å²) in [6, 6.07) is 6.39. The molecule has 0 bridgehead atoms. The number of hydrogen-bond acceptors (Lipinski definition) is 3. The van der Waals surface area contributed by atoms with E-state index in [9.17, 15) is 4.79 Å². The Hall–Kier alpha value is -1.72. The summed E-state index contributed by atoms with van der Waals surface area (Å²) in [5.41, 5.74) is 9.18. The van der Waals surface area contributed by atoms with E-state index in [1.54, 1.807) is 0 Å². The zero-order valence-corrected chi connectivity index (χ0v) is 11.8. The number of benzene rings is 1. The van der Waals surface area contributed by atoms with Crippen LogP contribution in [0.15, 0.2) is 24.4 Å². The van der Waals surface area contributed by atoms with Crippen LogP contribution in [0.25, 0.3) is 10.9 Å². The predicted molar refractivity (Wildman–Crippen MR) is 80.3 cm³/mol. The van der Waals surface area contributed by atoms with Crippen LogP contribution in [0.1, 0.15) is 11.1 Å². The molecule has 1 atom stereocenters. The average molecular weight is 296 g/mol. The molecule has 108 valence electrons. The first kappa shape index (κ1) is 14.7. The number of aromatic nitrogens is 1. The second kappa shape index (κ2) is 6.15. The van der Waals surface area contributed by atoms with Crippen molar-refractivity contribution in [3.8, 4) is 0 Å². The second-order valence-corrected chi connectivity index (χ2v) is 4.88. The van der Waals surface area contributed by atoms with Crippen molar-refractivity contribution >= 4 is 29.4 Å². The summed E-state index contributed by atoms with van der Waals surface area (Å²) < 4.78 is 4.90. The number of cyclic esters (lactones) is 1. The number of aromatic amines is 1. The quantitative estimate of drug-likeness (QED) is 0.804. The molecule has 1 aromatic carbocycles. The normalized spacial score (nSPS) is 17.6. The van der Waals surface area contributed by atoms with Crippen molar-refractivity contribution in [1.82, 2.24) is 10.3 Å². The molecule has 1 aromatic heterocycles. The molecule has 0 spiro atoms. The monoisotopic (exact) mass is 295 g/mol. The highest BCUT2D eigenvalue weighted by molar-refractivity contribution is 5.85. The number of amides is 1. The Morgan fingerprint density at radius 2 is 2.25 bits per heavy atom. The standard InChI is InChI=1S/C14H17N3O2.ClH/c15-4-3-10-7-16-13-2-1-9(6-12(10)13)5-11-8-19-14(18)17-11;/h1-2,6-7,11,16H,3-5,8,15H2,(H,17,18);1H/t11-;/m0./s1. The third-order valence-electron chi connectivity index (χ3n) is 3.47. The van der Waals surface area contributed by atoms with Gasteiger partial charge in [-0.2, -0.15) is 0 Å². The zero-order chi connectivity index (χ0) is 13.2. The predicted octanol–water partition coefficient (Wildman–Crippen LogP) is 1.74. The first-order chi connectivity index (χ1) is 9.26. The summed E-state index contributed by atoms with van der Waals surface area (Å²) in [7, 11) is 0. The van der Waals surface area contributed by atoms with E-state index in [-0.39, 0.29) is 24.5 Å². The average Bonchev–Trinajstić information content (AvgIpc) is 2.97. The van der Waals surface area contributed by atoms with Crippen LogP contribution in [0.4, 0.5) is 4.79 Å². The van der Waals surface area contributed by atoms with Crippen molar-refractivity contribution in [2.45, 2.75) is 18.9 Å². The fraction of sp³-hybridized carbons (Fsp3) is 0.357. The fourth-order valence-corrected chi connectivity index (χ4v) is 2.54. The molecular formula is C14H18ClN3O2. The van der Waals surface area contributed by atoms with E-state index in [1.807, 2.05) is 6.20 Å². The lowest BCUT2D eigenvalue weighted by Crippen LogP contribution is -2.28.